The summed E-state index contributed by atoms with van der Waals surface area (Å²) in [5.74, 6) is -0.909. The van der Waals surface area contributed by atoms with Crippen molar-refractivity contribution in [2.24, 2.45) is 0 Å². The number of nitrogens with one attached hydrogen (secondary N) is 1. The third-order valence-corrected chi connectivity index (χ3v) is 3.58. The summed E-state index contributed by atoms with van der Waals surface area (Å²) >= 11 is 0. The first kappa shape index (κ1) is 18.6. The number of hydroxylamine groups is 1. The molecule has 0 amide bonds. The highest BCUT2D eigenvalue weighted by molar-refractivity contribution is 5.73. The molecule has 0 aliphatic rings. The van der Waals surface area contributed by atoms with Gasteiger partial charge in [0.15, 0.2) is 0 Å². The number of benzene rings is 1. The molecule has 124 valence electrons. The summed E-state index contributed by atoms with van der Waals surface area (Å²) in [5, 5.41) is 9.27. The molecule has 0 spiro atoms. The molecule has 0 fully saturated rings. The van der Waals surface area contributed by atoms with Crippen molar-refractivity contribution in [1.82, 2.24) is 10.4 Å². The molecule has 0 aliphatic carbocycles. The lowest BCUT2D eigenvalue weighted by atomic mass is 10.1. The number of hydrogen-bond acceptors (Lipinski definition) is 4. The van der Waals surface area contributed by atoms with Crippen LogP contribution in [0.15, 0.2) is 30.3 Å². The number of carboxylic acids is 1. The molecular formula is C17H28N2O3. The van der Waals surface area contributed by atoms with Crippen LogP contribution in [0, 0.1) is 0 Å². The number of aliphatic carboxylic acids is 1. The maximum atomic E-state index is 11.3. The van der Waals surface area contributed by atoms with Gasteiger partial charge in [0.05, 0.1) is 6.61 Å². The van der Waals surface area contributed by atoms with Crippen molar-refractivity contribution in [3.63, 3.8) is 0 Å². The first-order chi connectivity index (χ1) is 10.4. The zero-order valence-electron chi connectivity index (χ0n) is 14.0. The van der Waals surface area contributed by atoms with E-state index in [1.54, 1.807) is 0 Å². The van der Waals surface area contributed by atoms with Gasteiger partial charge in [0, 0.05) is 25.0 Å². The maximum absolute atomic E-state index is 11.3. The predicted molar refractivity (Wildman–Crippen MR) is 87.6 cm³/mol. The van der Waals surface area contributed by atoms with Gasteiger partial charge in [-0.3, -0.25) is 14.5 Å². The molecule has 22 heavy (non-hydrogen) atoms. The van der Waals surface area contributed by atoms with Crippen molar-refractivity contribution in [3.05, 3.63) is 35.9 Å². The lowest BCUT2D eigenvalue weighted by molar-refractivity contribution is -0.144. The first-order valence-corrected chi connectivity index (χ1v) is 7.81. The van der Waals surface area contributed by atoms with Crippen LogP contribution in [0.1, 0.15) is 33.3 Å². The summed E-state index contributed by atoms with van der Waals surface area (Å²) < 4.78 is 0. The highest BCUT2D eigenvalue weighted by Crippen LogP contribution is 2.05. The van der Waals surface area contributed by atoms with Crippen molar-refractivity contribution >= 4 is 5.97 Å². The summed E-state index contributed by atoms with van der Waals surface area (Å²) in [6.45, 7) is 9.78. The van der Waals surface area contributed by atoms with Gasteiger partial charge in [-0.05, 0) is 33.3 Å². The van der Waals surface area contributed by atoms with Gasteiger partial charge in [-0.2, -0.15) is 5.48 Å². The highest BCUT2D eigenvalue weighted by Gasteiger charge is 2.18. The van der Waals surface area contributed by atoms with Crippen LogP contribution >= 0.6 is 0 Å². The fourth-order valence-electron chi connectivity index (χ4n) is 2.45. The Kier molecular flexibility index (Phi) is 8.09. The molecule has 0 radical (unpaired) electrons. The van der Waals surface area contributed by atoms with E-state index in [0.717, 1.165) is 12.1 Å². The van der Waals surface area contributed by atoms with Gasteiger partial charge in [0.25, 0.3) is 0 Å². The van der Waals surface area contributed by atoms with E-state index in [9.17, 15) is 9.90 Å². The molecule has 0 saturated heterocycles. The van der Waals surface area contributed by atoms with Gasteiger partial charge in [-0.1, -0.05) is 30.3 Å². The van der Waals surface area contributed by atoms with Gasteiger partial charge in [-0.25, -0.2) is 0 Å². The second kappa shape index (κ2) is 9.56. The van der Waals surface area contributed by atoms with Gasteiger partial charge in [-0.15, -0.1) is 0 Å². The van der Waals surface area contributed by atoms with Crippen molar-refractivity contribution in [2.75, 3.05) is 13.2 Å². The van der Waals surface area contributed by atoms with Gasteiger partial charge in [0.1, 0.15) is 6.04 Å². The largest absolute Gasteiger partial charge is 0.480 e. The molecule has 0 heterocycles. The van der Waals surface area contributed by atoms with Crippen LogP contribution in [0.2, 0.25) is 0 Å². The van der Waals surface area contributed by atoms with Crippen LogP contribution in [0.3, 0.4) is 0 Å². The van der Waals surface area contributed by atoms with Crippen LogP contribution in [0.25, 0.3) is 0 Å². The van der Waals surface area contributed by atoms with Crippen LogP contribution in [-0.4, -0.2) is 47.3 Å². The molecule has 0 unspecified atom stereocenters. The molecule has 2 N–H and O–H groups in total. The second-order valence-corrected chi connectivity index (χ2v) is 5.97. The zero-order valence-corrected chi connectivity index (χ0v) is 14.0. The number of carboxylic acid groups (broad SMARTS) is 1. The van der Waals surface area contributed by atoms with E-state index >= 15 is 0 Å². The summed E-state index contributed by atoms with van der Waals surface area (Å²) in [5.41, 5.74) is 3.64. The van der Waals surface area contributed by atoms with Crippen LogP contribution in [-0.2, 0) is 16.1 Å². The molecule has 0 saturated carbocycles. The smallest absolute Gasteiger partial charge is 0.323 e. The monoisotopic (exact) mass is 308 g/mol. The Morgan fingerprint density at radius 1 is 1.18 bits per heavy atom. The molecule has 1 aromatic carbocycles. The van der Waals surface area contributed by atoms with Crippen LogP contribution < -0.4 is 5.48 Å². The summed E-state index contributed by atoms with van der Waals surface area (Å²) in [6, 6.07) is 9.67. The predicted octanol–water partition coefficient (Wildman–Crippen LogP) is 2.32. The number of nitrogens with zero attached hydrogens (tertiary/aromatic N) is 1. The Labute approximate surface area is 133 Å². The van der Waals surface area contributed by atoms with Crippen molar-refractivity contribution < 1.29 is 14.7 Å². The molecule has 0 aromatic heterocycles. The average molecular weight is 308 g/mol. The number of carbonyl (C=O) groups is 1. The molecule has 0 bridgehead atoms. The Bertz CT molecular complexity index is 427. The van der Waals surface area contributed by atoms with Gasteiger partial charge < -0.3 is 5.11 Å². The SMILES string of the molecule is CC(C)N(CCON[C@@H](Cc1ccccc1)C(=O)O)C(C)C. The Morgan fingerprint density at radius 3 is 2.27 bits per heavy atom. The lowest BCUT2D eigenvalue weighted by Gasteiger charge is -2.30. The van der Waals surface area contributed by atoms with Gasteiger partial charge in [0.2, 0.25) is 0 Å². The van der Waals surface area contributed by atoms with E-state index in [4.69, 9.17) is 4.84 Å². The summed E-state index contributed by atoms with van der Waals surface area (Å²) in [4.78, 5) is 19.0. The minimum atomic E-state index is -0.909. The third-order valence-electron chi connectivity index (χ3n) is 3.58. The maximum Gasteiger partial charge on any atom is 0.323 e. The third kappa shape index (κ3) is 6.56. The summed E-state index contributed by atoms with van der Waals surface area (Å²) in [7, 11) is 0. The first-order valence-electron chi connectivity index (χ1n) is 7.81. The minimum absolute atomic E-state index is 0.397. The minimum Gasteiger partial charge on any atom is -0.480 e. The topological polar surface area (TPSA) is 61.8 Å². The number of rotatable bonds is 10. The van der Waals surface area contributed by atoms with Crippen molar-refractivity contribution in [3.8, 4) is 0 Å². The van der Waals surface area contributed by atoms with E-state index in [0.29, 0.717) is 25.1 Å². The molecule has 1 atom stereocenters. The van der Waals surface area contributed by atoms with E-state index in [1.165, 1.54) is 0 Å². The van der Waals surface area contributed by atoms with E-state index in [1.807, 2.05) is 30.3 Å². The van der Waals surface area contributed by atoms with E-state index in [-0.39, 0.29) is 0 Å². The molecule has 5 heteroatoms. The fraction of sp³-hybridized carbons (Fsp3) is 0.588. The van der Waals surface area contributed by atoms with Crippen molar-refractivity contribution in [1.29, 1.82) is 0 Å². The lowest BCUT2D eigenvalue weighted by Crippen LogP contribution is -2.43. The van der Waals surface area contributed by atoms with E-state index < -0.39 is 12.0 Å². The Morgan fingerprint density at radius 2 is 1.77 bits per heavy atom. The number of hydrogen-bond donors (Lipinski definition) is 2. The average Bonchev–Trinajstić information content (AvgIpc) is 2.45. The molecule has 5 nitrogen and oxygen atoms in total. The van der Waals surface area contributed by atoms with Crippen LogP contribution in [0.5, 0.6) is 0 Å². The highest BCUT2D eigenvalue weighted by atomic mass is 16.6. The fourth-order valence-corrected chi connectivity index (χ4v) is 2.45. The van der Waals surface area contributed by atoms with Crippen molar-refractivity contribution in [2.45, 2.75) is 52.2 Å². The molecule has 1 aromatic rings. The Hall–Kier alpha value is -1.43. The zero-order chi connectivity index (χ0) is 16.5. The van der Waals surface area contributed by atoms with Crippen LogP contribution in [0.4, 0.5) is 0 Å². The Balaban J connectivity index is 2.40. The molecule has 0 aliphatic heterocycles. The standard InChI is InChI=1S/C17H28N2O3/c1-13(2)19(14(3)4)10-11-22-18-16(17(20)21)12-15-8-6-5-7-9-15/h5-9,13-14,16,18H,10-12H2,1-4H3,(H,20,21)/t16-/m0/s1. The van der Waals surface area contributed by atoms with E-state index in [2.05, 4.69) is 38.1 Å². The molecule has 1 rings (SSSR count). The second-order valence-electron chi connectivity index (χ2n) is 5.97. The molecular weight excluding hydrogens is 280 g/mol. The quantitative estimate of drug-likeness (QED) is 0.513. The normalized spacial score (nSPS) is 13.0. The summed E-state index contributed by atoms with van der Waals surface area (Å²) in [6.07, 6.45) is 0.397. The van der Waals surface area contributed by atoms with Gasteiger partial charge >= 0.3 is 5.97 Å².